The smallest absolute Gasteiger partial charge is 0.130 e. The van der Waals surface area contributed by atoms with Crippen LogP contribution in [0.15, 0.2) is 35.1 Å². The van der Waals surface area contributed by atoms with Crippen LogP contribution in [-0.4, -0.2) is 15.1 Å². The molecule has 2 aromatic heterocycles. The van der Waals surface area contributed by atoms with E-state index in [4.69, 9.17) is 0 Å². The molecule has 4 heteroatoms. The van der Waals surface area contributed by atoms with Gasteiger partial charge in [-0.3, -0.25) is 4.98 Å². The van der Waals surface area contributed by atoms with E-state index in [9.17, 15) is 5.11 Å². The summed E-state index contributed by atoms with van der Waals surface area (Å²) in [5, 5.41) is 11.6. The summed E-state index contributed by atoms with van der Waals surface area (Å²) in [6.45, 7) is 0. The first-order valence-electron chi connectivity index (χ1n) is 4.50. The maximum absolute atomic E-state index is 9.61. The molecule has 2 heterocycles. The Kier molecular flexibility index (Phi) is 1.73. The highest BCUT2D eigenvalue weighted by molar-refractivity contribution is 9.10. The molecule has 0 radical (unpaired) electrons. The minimum atomic E-state index is 0.243. The zero-order valence-corrected chi connectivity index (χ0v) is 9.25. The van der Waals surface area contributed by atoms with Crippen molar-refractivity contribution in [2.24, 2.45) is 0 Å². The number of H-pyrrole nitrogens is 1. The van der Waals surface area contributed by atoms with Crippen molar-refractivity contribution in [1.29, 1.82) is 0 Å². The van der Waals surface area contributed by atoms with Gasteiger partial charge in [0.15, 0.2) is 0 Å². The van der Waals surface area contributed by atoms with Crippen LogP contribution >= 0.6 is 15.9 Å². The summed E-state index contributed by atoms with van der Waals surface area (Å²) in [4.78, 5) is 7.35. The number of aromatic hydroxyl groups is 1. The van der Waals surface area contributed by atoms with Crippen molar-refractivity contribution in [2.75, 3.05) is 0 Å². The number of phenols is 1. The molecule has 0 amide bonds. The number of pyridine rings is 1. The van der Waals surface area contributed by atoms with Gasteiger partial charge in [0.1, 0.15) is 5.75 Å². The lowest BCUT2D eigenvalue weighted by Gasteiger charge is -1.98. The second-order valence-electron chi connectivity index (χ2n) is 3.37. The van der Waals surface area contributed by atoms with Crippen LogP contribution in [0.25, 0.3) is 21.8 Å². The maximum atomic E-state index is 9.61. The van der Waals surface area contributed by atoms with Crippen molar-refractivity contribution in [2.45, 2.75) is 0 Å². The number of phenolic OH excluding ortho intramolecular Hbond substituents is 1. The Morgan fingerprint density at radius 1 is 1.20 bits per heavy atom. The van der Waals surface area contributed by atoms with Gasteiger partial charge in [0.05, 0.1) is 4.47 Å². The van der Waals surface area contributed by atoms with Crippen LogP contribution in [-0.2, 0) is 0 Å². The third-order valence-corrected chi connectivity index (χ3v) is 3.28. The number of halogens is 1. The highest BCUT2D eigenvalue weighted by Crippen LogP contribution is 2.36. The molecule has 15 heavy (non-hydrogen) atoms. The van der Waals surface area contributed by atoms with E-state index in [2.05, 4.69) is 25.9 Å². The molecule has 3 aromatic rings. The zero-order chi connectivity index (χ0) is 10.4. The fraction of sp³-hybridized carbons (Fsp3) is 0. The van der Waals surface area contributed by atoms with E-state index >= 15 is 0 Å². The molecular formula is C11H7BrN2O. The lowest BCUT2D eigenvalue weighted by Crippen LogP contribution is -1.72. The average Bonchev–Trinajstić information content (AvgIpc) is 2.62. The van der Waals surface area contributed by atoms with Crippen molar-refractivity contribution < 1.29 is 5.11 Å². The van der Waals surface area contributed by atoms with Crippen LogP contribution in [0.5, 0.6) is 5.75 Å². The summed E-state index contributed by atoms with van der Waals surface area (Å²) in [5.41, 5.74) is 2.01. The molecule has 0 unspecified atom stereocenters. The predicted molar refractivity (Wildman–Crippen MR) is 63.0 cm³/mol. The molecule has 0 saturated carbocycles. The third-order valence-electron chi connectivity index (χ3n) is 2.48. The summed E-state index contributed by atoms with van der Waals surface area (Å²) < 4.78 is 0.708. The van der Waals surface area contributed by atoms with E-state index < -0.39 is 0 Å². The standard InChI is InChI=1S/C11H7BrN2O/c12-11-9(15)2-1-8-10(11)6-5-13-4-3-7(6)14-8/h1-5,14-15H. The third kappa shape index (κ3) is 1.15. The van der Waals surface area contributed by atoms with Crippen LogP contribution < -0.4 is 0 Å². The van der Waals surface area contributed by atoms with Gasteiger partial charge in [-0.05, 0) is 34.1 Å². The van der Waals surface area contributed by atoms with Gasteiger partial charge in [-0.15, -0.1) is 0 Å². The Labute approximate surface area is 93.9 Å². The number of nitrogens with zero attached hydrogens (tertiary/aromatic N) is 1. The van der Waals surface area contributed by atoms with Crippen LogP contribution in [0.2, 0.25) is 0 Å². The first-order valence-corrected chi connectivity index (χ1v) is 5.29. The first kappa shape index (κ1) is 8.73. The van der Waals surface area contributed by atoms with Crippen molar-refractivity contribution in [3.05, 3.63) is 35.1 Å². The number of aromatic nitrogens is 2. The van der Waals surface area contributed by atoms with Gasteiger partial charge in [-0.1, -0.05) is 0 Å². The van der Waals surface area contributed by atoms with Gasteiger partial charge in [-0.2, -0.15) is 0 Å². The summed E-state index contributed by atoms with van der Waals surface area (Å²) in [5.74, 6) is 0.243. The van der Waals surface area contributed by atoms with Crippen LogP contribution in [0.4, 0.5) is 0 Å². The van der Waals surface area contributed by atoms with Crippen LogP contribution in [0, 0.1) is 0 Å². The van der Waals surface area contributed by atoms with E-state index in [1.165, 1.54) is 0 Å². The molecule has 3 nitrogen and oxygen atoms in total. The van der Waals surface area contributed by atoms with Crippen molar-refractivity contribution >= 4 is 37.7 Å². The number of aromatic amines is 1. The van der Waals surface area contributed by atoms with E-state index in [1.54, 1.807) is 18.5 Å². The van der Waals surface area contributed by atoms with E-state index in [0.29, 0.717) is 4.47 Å². The molecule has 0 saturated heterocycles. The Balaban J connectivity index is 2.63. The Morgan fingerprint density at radius 2 is 2.07 bits per heavy atom. The number of fused-ring (bicyclic) bond motifs is 3. The molecular weight excluding hydrogens is 256 g/mol. The molecule has 0 aliphatic carbocycles. The SMILES string of the molecule is Oc1ccc2[nH]c3ccncc3c2c1Br. The summed E-state index contributed by atoms with van der Waals surface area (Å²) in [6, 6.07) is 5.43. The van der Waals surface area contributed by atoms with Gasteiger partial charge < -0.3 is 10.1 Å². The molecule has 0 bridgehead atoms. The second-order valence-corrected chi connectivity index (χ2v) is 4.16. The number of hydrogen-bond donors (Lipinski definition) is 2. The predicted octanol–water partition coefficient (Wildman–Crippen LogP) is 3.18. The van der Waals surface area contributed by atoms with E-state index in [0.717, 1.165) is 21.8 Å². The van der Waals surface area contributed by atoms with E-state index in [1.807, 2.05) is 12.1 Å². The Morgan fingerprint density at radius 3 is 2.93 bits per heavy atom. The molecule has 1 aromatic carbocycles. The largest absolute Gasteiger partial charge is 0.507 e. The summed E-state index contributed by atoms with van der Waals surface area (Å²) >= 11 is 3.38. The summed E-state index contributed by atoms with van der Waals surface area (Å²) in [6.07, 6.45) is 3.53. The monoisotopic (exact) mass is 262 g/mol. The Hall–Kier alpha value is -1.55. The Bertz CT molecular complexity index is 660. The number of benzene rings is 1. The summed E-state index contributed by atoms with van der Waals surface area (Å²) in [7, 11) is 0. The van der Waals surface area contributed by atoms with Crippen molar-refractivity contribution in [1.82, 2.24) is 9.97 Å². The molecule has 0 fully saturated rings. The highest BCUT2D eigenvalue weighted by Gasteiger charge is 2.09. The molecule has 0 aliphatic heterocycles. The maximum Gasteiger partial charge on any atom is 0.130 e. The lowest BCUT2D eigenvalue weighted by atomic mass is 10.2. The van der Waals surface area contributed by atoms with E-state index in [-0.39, 0.29) is 5.75 Å². The minimum absolute atomic E-state index is 0.243. The van der Waals surface area contributed by atoms with Gasteiger partial charge in [0.25, 0.3) is 0 Å². The van der Waals surface area contributed by atoms with Crippen molar-refractivity contribution in [3.63, 3.8) is 0 Å². The zero-order valence-electron chi connectivity index (χ0n) is 7.66. The van der Waals surface area contributed by atoms with Gasteiger partial charge in [0.2, 0.25) is 0 Å². The highest BCUT2D eigenvalue weighted by atomic mass is 79.9. The quantitative estimate of drug-likeness (QED) is 0.654. The number of rotatable bonds is 0. The molecule has 74 valence electrons. The molecule has 0 aliphatic rings. The molecule has 3 rings (SSSR count). The fourth-order valence-electron chi connectivity index (χ4n) is 1.78. The number of hydrogen-bond acceptors (Lipinski definition) is 2. The molecule has 2 N–H and O–H groups in total. The second kappa shape index (κ2) is 2.97. The molecule has 0 spiro atoms. The average molecular weight is 263 g/mol. The lowest BCUT2D eigenvalue weighted by molar-refractivity contribution is 0.473. The first-order chi connectivity index (χ1) is 7.27. The fourth-order valence-corrected chi connectivity index (χ4v) is 2.34. The number of nitrogens with one attached hydrogen (secondary N) is 1. The van der Waals surface area contributed by atoms with Gasteiger partial charge in [0, 0.05) is 34.2 Å². The topological polar surface area (TPSA) is 48.9 Å². The van der Waals surface area contributed by atoms with Crippen LogP contribution in [0.1, 0.15) is 0 Å². The van der Waals surface area contributed by atoms with Gasteiger partial charge >= 0.3 is 0 Å². The van der Waals surface area contributed by atoms with Crippen molar-refractivity contribution in [3.8, 4) is 5.75 Å². The normalized spacial score (nSPS) is 11.3. The van der Waals surface area contributed by atoms with Crippen LogP contribution in [0.3, 0.4) is 0 Å². The minimum Gasteiger partial charge on any atom is -0.507 e. The van der Waals surface area contributed by atoms with Gasteiger partial charge in [-0.25, -0.2) is 0 Å². The molecule has 0 atom stereocenters.